The van der Waals surface area contributed by atoms with Crippen LogP contribution in [0, 0.1) is 5.92 Å². The Bertz CT molecular complexity index is 323. The third-order valence-corrected chi connectivity index (χ3v) is 3.12. The van der Waals surface area contributed by atoms with Crippen molar-refractivity contribution in [3.05, 3.63) is 24.3 Å². The van der Waals surface area contributed by atoms with E-state index in [-0.39, 0.29) is 6.10 Å². The number of piperidine rings is 1. The van der Waals surface area contributed by atoms with E-state index in [9.17, 15) is 5.11 Å². The van der Waals surface area contributed by atoms with Crippen molar-refractivity contribution < 1.29 is 5.11 Å². The topological polar surface area (TPSA) is 49.5 Å². The number of anilines is 2. The van der Waals surface area contributed by atoms with Crippen molar-refractivity contribution in [3.63, 3.8) is 0 Å². The van der Waals surface area contributed by atoms with Gasteiger partial charge in [-0.3, -0.25) is 0 Å². The number of nitrogen functional groups attached to an aromatic ring is 1. The molecular weight excluding hydrogens is 188 g/mol. The molecule has 0 amide bonds. The van der Waals surface area contributed by atoms with Gasteiger partial charge in [0.05, 0.1) is 6.10 Å². The van der Waals surface area contributed by atoms with E-state index in [1.807, 2.05) is 24.3 Å². The lowest BCUT2D eigenvalue weighted by Gasteiger charge is -2.36. The van der Waals surface area contributed by atoms with Gasteiger partial charge in [0.25, 0.3) is 0 Å². The first kappa shape index (κ1) is 10.3. The molecule has 1 aromatic carbocycles. The summed E-state index contributed by atoms with van der Waals surface area (Å²) in [5.74, 6) is 0.344. The minimum Gasteiger partial charge on any atom is -0.399 e. The average molecular weight is 206 g/mol. The number of hydrogen-bond donors (Lipinski definition) is 2. The van der Waals surface area contributed by atoms with Gasteiger partial charge in [0.15, 0.2) is 0 Å². The van der Waals surface area contributed by atoms with E-state index < -0.39 is 0 Å². The van der Waals surface area contributed by atoms with Crippen molar-refractivity contribution >= 4 is 11.4 Å². The predicted molar refractivity (Wildman–Crippen MR) is 62.9 cm³/mol. The minimum absolute atomic E-state index is 0.143. The summed E-state index contributed by atoms with van der Waals surface area (Å²) in [7, 11) is 0. The number of benzene rings is 1. The summed E-state index contributed by atoms with van der Waals surface area (Å²) in [6, 6.07) is 7.93. The van der Waals surface area contributed by atoms with Crippen LogP contribution in [0.2, 0.25) is 0 Å². The van der Waals surface area contributed by atoms with Crippen LogP contribution < -0.4 is 10.6 Å². The third-order valence-electron chi connectivity index (χ3n) is 3.12. The largest absolute Gasteiger partial charge is 0.399 e. The van der Waals surface area contributed by atoms with Gasteiger partial charge in [-0.25, -0.2) is 0 Å². The van der Waals surface area contributed by atoms with E-state index in [1.54, 1.807) is 0 Å². The monoisotopic (exact) mass is 206 g/mol. The molecule has 1 saturated heterocycles. The van der Waals surface area contributed by atoms with E-state index in [2.05, 4.69) is 11.8 Å². The normalized spacial score (nSPS) is 26.7. The van der Waals surface area contributed by atoms with Gasteiger partial charge in [-0.1, -0.05) is 6.92 Å². The van der Waals surface area contributed by atoms with Crippen molar-refractivity contribution in [1.82, 2.24) is 0 Å². The van der Waals surface area contributed by atoms with Crippen LogP contribution in [0.5, 0.6) is 0 Å². The smallest absolute Gasteiger partial charge is 0.0599 e. The maximum atomic E-state index is 9.64. The van der Waals surface area contributed by atoms with Crippen LogP contribution >= 0.6 is 0 Å². The molecule has 82 valence electrons. The molecule has 3 nitrogen and oxygen atoms in total. The van der Waals surface area contributed by atoms with Gasteiger partial charge in [-0.15, -0.1) is 0 Å². The summed E-state index contributed by atoms with van der Waals surface area (Å²) >= 11 is 0. The molecule has 2 rings (SSSR count). The molecule has 3 N–H and O–H groups in total. The molecule has 0 spiro atoms. The number of aliphatic hydroxyl groups is 1. The van der Waals surface area contributed by atoms with Crippen LogP contribution in [-0.4, -0.2) is 24.3 Å². The highest BCUT2D eigenvalue weighted by Gasteiger charge is 2.23. The molecule has 1 heterocycles. The summed E-state index contributed by atoms with van der Waals surface area (Å²) in [6.45, 7) is 3.94. The van der Waals surface area contributed by atoms with Gasteiger partial charge in [-0.05, 0) is 36.6 Å². The number of rotatable bonds is 1. The van der Waals surface area contributed by atoms with Gasteiger partial charge in [0, 0.05) is 24.5 Å². The fourth-order valence-corrected chi connectivity index (χ4v) is 2.05. The molecule has 0 radical (unpaired) electrons. The zero-order chi connectivity index (χ0) is 10.8. The SMILES string of the molecule is C[C@@H]1CN(c2ccc(N)cc2)CC[C@H]1O. The summed E-state index contributed by atoms with van der Waals surface area (Å²) in [4.78, 5) is 2.30. The molecule has 0 bridgehead atoms. The molecule has 0 aromatic heterocycles. The first-order valence-corrected chi connectivity index (χ1v) is 5.45. The number of nitrogens with zero attached hydrogens (tertiary/aromatic N) is 1. The number of nitrogens with two attached hydrogens (primary N) is 1. The van der Waals surface area contributed by atoms with Crippen LogP contribution in [0.1, 0.15) is 13.3 Å². The van der Waals surface area contributed by atoms with Crippen molar-refractivity contribution in [2.75, 3.05) is 23.7 Å². The first-order valence-electron chi connectivity index (χ1n) is 5.45. The van der Waals surface area contributed by atoms with E-state index in [0.29, 0.717) is 5.92 Å². The van der Waals surface area contributed by atoms with Gasteiger partial charge in [-0.2, -0.15) is 0 Å². The Hall–Kier alpha value is -1.22. The van der Waals surface area contributed by atoms with E-state index in [4.69, 9.17) is 5.73 Å². The second-order valence-electron chi connectivity index (χ2n) is 4.37. The first-order chi connectivity index (χ1) is 7.16. The van der Waals surface area contributed by atoms with Gasteiger partial charge in [0.1, 0.15) is 0 Å². The molecule has 1 fully saturated rings. The average Bonchev–Trinajstić information content (AvgIpc) is 2.23. The minimum atomic E-state index is -0.143. The van der Waals surface area contributed by atoms with Crippen LogP contribution in [-0.2, 0) is 0 Å². The number of hydrogen-bond acceptors (Lipinski definition) is 3. The Morgan fingerprint density at radius 3 is 2.60 bits per heavy atom. The molecule has 3 heteroatoms. The molecule has 2 atom stereocenters. The quantitative estimate of drug-likeness (QED) is 0.684. The Morgan fingerprint density at radius 2 is 2.00 bits per heavy atom. The maximum absolute atomic E-state index is 9.64. The third kappa shape index (κ3) is 2.23. The standard InChI is InChI=1S/C12H18N2O/c1-9-8-14(7-6-12(9)15)11-4-2-10(13)3-5-11/h2-5,9,12,15H,6-8,13H2,1H3/t9-,12-/m1/s1. The summed E-state index contributed by atoms with van der Waals surface area (Å²) < 4.78 is 0. The Morgan fingerprint density at radius 1 is 1.33 bits per heavy atom. The highest BCUT2D eigenvalue weighted by atomic mass is 16.3. The van der Waals surface area contributed by atoms with Crippen molar-refractivity contribution in [3.8, 4) is 0 Å². The summed E-state index contributed by atoms with van der Waals surface area (Å²) in [6.07, 6.45) is 0.709. The van der Waals surface area contributed by atoms with Crippen molar-refractivity contribution in [1.29, 1.82) is 0 Å². The lowest BCUT2D eigenvalue weighted by Crippen LogP contribution is -2.41. The summed E-state index contributed by atoms with van der Waals surface area (Å²) in [5.41, 5.74) is 7.64. The molecular formula is C12H18N2O. The Kier molecular flexibility index (Phi) is 2.82. The van der Waals surface area contributed by atoms with Crippen LogP contribution in [0.4, 0.5) is 11.4 Å². The molecule has 0 unspecified atom stereocenters. The fourth-order valence-electron chi connectivity index (χ4n) is 2.05. The Balaban J connectivity index is 2.08. The highest BCUT2D eigenvalue weighted by Crippen LogP contribution is 2.23. The molecule has 0 aliphatic carbocycles. The predicted octanol–water partition coefficient (Wildman–Crippen LogP) is 1.48. The van der Waals surface area contributed by atoms with E-state index in [0.717, 1.165) is 25.2 Å². The fraction of sp³-hybridized carbons (Fsp3) is 0.500. The molecule has 1 aliphatic rings. The summed E-state index contributed by atoms with van der Waals surface area (Å²) in [5, 5.41) is 9.64. The number of aliphatic hydroxyl groups excluding tert-OH is 1. The highest BCUT2D eigenvalue weighted by molar-refractivity contribution is 5.53. The van der Waals surface area contributed by atoms with Crippen molar-refractivity contribution in [2.45, 2.75) is 19.4 Å². The van der Waals surface area contributed by atoms with E-state index in [1.165, 1.54) is 5.69 Å². The van der Waals surface area contributed by atoms with Crippen molar-refractivity contribution in [2.24, 2.45) is 5.92 Å². The lowest BCUT2D eigenvalue weighted by molar-refractivity contribution is 0.0971. The molecule has 15 heavy (non-hydrogen) atoms. The van der Waals surface area contributed by atoms with Gasteiger partial charge in [0.2, 0.25) is 0 Å². The van der Waals surface area contributed by atoms with E-state index >= 15 is 0 Å². The Labute approximate surface area is 90.5 Å². The van der Waals surface area contributed by atoms with Crippen LogP contribution in [0.15, 0.2) is 24.3 Å². The zero-order valence-corrected chi connectivity index (χ0v) is 9.06. The molecule has 0 saturated carbocycles. The maximum Gasteiger partial charge on any atom is 0.0599 e. The second-order valence-corrected chi connectivity index (χ2v) is 4.37. The molecule has 1 aliphatic heterocycles. The lowest BCUT2D eigenvalue weighted by atomic mass is 9.96. The van der Waals surface area contributed by atoms with Crippen LogP contribution in [0.3, 0.4) is 0 Å². The molecule has 1 aromatic rings. The van der Waals surface area contributed by atoms with Gasteiger partial charge < -0.3 is 15.7 Å². The second kappa shape index (κ2) is 4.11. The van der Waals surface area contributed by atoms with Gasteiger partial charge >= 0.3 is 0 Å². The van der Waals surface area contributed by atoms with Crippen LogP contribution in [0.25, 0.3) is 0 Å². The zero-order valence-electron chi connectivity index (χ0n) is 9.06.